The van der Waals surface area contributed by atoms with Crippen LogP contribution in [0.15, 0.2) is 59.3 Å². The van der Waals surface area contributed by atoms with Crippen LogP contribution >= 0.6 is 0 Å². The number of anilines is 1. The number of fused-ring (bicyclic) bond motifs is 1. The number of aromatic nitrogens is 2. The summed E-state index contributed by atoms with van der Waals surface area (Å²) in [7, 11) is 1.63. The van der Waals surface area contributed by atoms with E-state index in [2.05, 4.69) is 20.6 Å². The van der Waals surface area contributed by atoms with Gasteiger partial charge in [-0.3, -0.25) is 4.79 Å². The fourth-order valence-electron chi connectivity index (χ4n) is 3.99. The number of carbonyl (C=O) groups is 1. The molecule has 1 aromatic carbocycles. The Hall–Kier alpha value is -3.43. The highest BCUT2D eigenvalue weighted by Crippen LogP contribution is 2.31. The Bertz CT molecular complexity index is 1060. The number of methoxy groups -OCH3 is 1. The summed E-state index contributed by atoms with van der Waals surface area (Å²) in [5.74, 6) is 1.19. The van der Waals surface area contributed by atoms with Gasteiger partial charge in [0.25, 0.3) is 5.91 Å². The van der Waals surface area contributed by atoms with E-state index < -0.39 is 0 Å². The predicted octanol–water partition coefficient (Wildman–Crippen LogP) is 2.12. The molecule has 5 rings (SSSR count). The normalized spacial score (nSPS) is 24.5. The minimum absolute atomic E-state index is 0.136. The third-order valence-corrected chi connectivity index (χ3v) is 5.47. The largest absolute Gasteiger partial charge is 0.496 e. The van der Waals surface area contributed by atoms with E-state index in [9.17, 15) is 4.79 Å². The zero-order chi connectivity index (χ0) is 21.2. The maximum absolute atomic E-state index is 12.3. The lowest BCUT2D eigenvalue weighted by Gasteiger charge is -2.18. The van der Waals surface area contributed by atoms with E-state index in [1.165, 1.54) is 6.26 Å². The number of para-hydroxylation sites is 1. The molecule has 0 aliphatic carbocycles. The predicted molar refractivity (Wildman–Crippen MR) is 111 cm³/mol. The second kappa shape index (κ2) is 8.37. The first-order chi connectivity index (χ1) is 15.2. The van der Waals surface area contributed by atoms with Gasteiger partial charge in [0.05, 0.1) is 44.4 Å². The highest BCUT2D eigenvalue weighted by Gasteiger charge is 2.48. The molecule has 160 valence electrons. The van der Waals surface area contributed by atoms with Gasteiger partial charge in [-0.15, -0.1) is 0 Å². The second-order valence-electron chi connectivity index (χ2n) is 7.37. The third-order valence-electron chi connectivity index (χ3n) is 5.47. The van der Waals surface area contributed by atoms with Crippen LogP contribution in [0.5, 0.6) is 5.75 Å². The van der Waals surface area contributed by atoms with Crippen molar-refractivity contribution in [3.63, 3.8) is 0 Å². The Morgan fingerprint density at radius 1 is 1.06 bits per heavy atom. The highest BCUT2D eigenvalue weighted by atomic mass is 16.6. The Labute approximate surface area is 178 Å². The van der Waals surface area contributed by atoms with Crippen LogP contribution in [0.4, 0.5) is 5.95 Å². The molecule has 9 nitrogen and oxygen atoms in total. The maximum Gasteiger partial charge on any atom is 0.287 e. The lowest BCUT2D eigenvalue weighted by molar-refractivity contribution is 0.0646. The van der Waals surface area contributed by atoms with Crippen LogP contribution < -0.4 is 15.4 Å². The summed E-state index contributed by atoms with van der Waals surface area (Å²) in [6, 6.07) is 12.4. The molecular weight excluding hydrogens is 400 g/mol. The first-order valence-electron chi connectivity index (χ1n) is 10.0. The number of nitrogens with zero attached hydrogens (tertiary/aromatic N) is 2. The van der Waals surface area contributed by atoms with Gasteiger partial charge < -0.3 is 29.3 Å². The summed E-state index contributed by atoms with van der Waals surface area (Å²) < 4.78 is 22.5. The van der Waals surface area contributed by atoms with Gasteiger partial charge in [0.1, 0.15) is 18.0 Å². The standard InChI is InChI=1S/C22H22N4O5/c1-28-17-6-3-2-5-13(17)14-8-9-23-22(25-14)26-16-12-31-19-15(11-30-20(16)19)24-21(27)18-7-4-10-29-18/h2-10,15-16,19-20H,11-12H2,1H3,(H,24,27)(H,23,25,26)/t15-,16+,19-,20+/m0/s1. The SMILES string of the molecule is COc1ccccc1-c1ccnc(N[C@@H]2CO[C@@H]3[C@@H]2OC[C@@H]3NC(=O)c2ccco2)n1. The number of ether oxygens (including phenoxy) is 3. The molecule has 2 aliphatic rings. The first-order valence-corrected chi connectivity index (χ1v) is 10.0. The maximum atomic E-state index is 12.3. The molecule has 2 aromatic heterocycles. The van der Waals surface area contributed by atoms with Crippen molar-refractivity contribution in [1.29, 1.82) is 0 Å². The summed E-state index contributed by atoms with van der Waals surface area (Å²) in [6.07, 6.45) is 2.69. The van der Waals surface area contributed by atoms with E-state index in [-0.39, 0.29) is 36.0 Å². The smallest absolute Gasteiger partial charge is 0.287 e. The number of carbonyl (C=O) groups excluding carboxylic acids is 1. The number of furan rings is 1. The number of nitrogens with one attached hydrogen (secondary N) is 2. The Morgan fingerprint density at radius 2 is 1.87 bits per heavy atom. The average molecular weight is 422 g/mol. The van der Waals surface area contributed by atoms with E-state index in [0.717, 1.165) is 17.0 Å². The summed E-state index contributed by atoms with van der Waals surface area (Å²) >= 11 is 0. The highest BCUT2D eigenvalue weighted by molar-refractivity contribution is 5.91. The summed E-state index contributed by atoms with van der Waals surface area (Å²) in [5.41, 5.74) is 1.63. The number of amides is 1. The number of rotatable bonds is 6. The molecular formula is C22H22N4O5. The fraction of sp³-hybridized carbons (Fsp3) is 0.318. The monoisotopic (exact) mass is 422 g/mol. The van der Waals surface area contributed by atoms with Crippen molar-refractivity contribution in [2.24, 2.45) is 0 Å². The number of hydrogen-bond acceptors (Lipinski definition) is 8. The molecule has 0 spiro atoms. The molecule has 2 N–H and O–H groups in total. The Balaban J connectivity index is 1.26. The van der Waals surface area contributed by atoms with E-state index in [1.807, 2.05) is 30.3 Å². The van der Waals surface area contributed by atoms with Crippen molar-refractivity contribution < 1.29 is 23.4 Å². The van der Waals surface area contributed by atoms with Crippen LogP contribution in [-0.2, 0) is 9.47 Å². The molecule has 2 fully saturated rings. The molecule has 31 heavy (non-hydrogen) atoms. The fourth-order valence-corrected chi connectivity index (χ4v) is 3.99. The number of benzene rings is 1. The summed E-state index contributed by atoms with van der Waals surface area (Å²) in [5, 5.41) is 6.24. The van der Waals surface area contributed by atoms with E-state index in [0.29, 0.717) is 19.2 Å². The summed E-state index contributed by atoms with van der Waals surface area (Å²) in [6.45, 7) is 0.784. The lowest BCUT2D eigenvalue weighted by Crippen LogP contribution is -2.44. The van der Waals surface area contributed by atoms with Crippen LogP contribution in [0.2, 0.25) is 0 Å². The molecule has 4 atom stereocenters. The molecule has 0 bridgehead atoms. The van der Waals surface area contributed by atoms with Gasteiger partial charge in [-0.2, -0.15) is 0 Å². The van der Waals surface area contributed by atoms with E-state index >= 15 is 0 Å². The van der Waals surface area contributed by atoms with Gasteiger partial charge >= 0.3 is 0 Å². The van der Waals surface area contributed by atoms with Crippen molar-refractivity contribution in [3.8, 4) is 17.0 Å². The molecule has 9 heteroatoms. The second-order valence-corrected chi connectivity index (χ2v) is 7.37. The van der Waals surface area contributed by atoms with Crippen molar-refractivity contribution in [2.45, 2.75) is 24.3 Å². The zero-order valence-electron chi connectivity index (χ0n) is 16.9. The van der Waals surface area contributed by atoms with E-state index in [4.69, 9.17) is 18.6 Å². The quantitative estimate of drug-likeness (QED) is 0.622. The van der Waals surface area contributed by atoms with Crippen LogP contribution in [0.1, 0.15) is 10.6 Å². The molecule has 2 aliphatic heterocycles. The topological polar surface area (TPSA) is 108 Å². The van der Waals surface area contributed by atoms with Crippen molar-refractivity contribution in [3.05, 3.63) is 60.7 Å². The van der Waals surface area contributed by atoms with Gasteiger partial charge in [0.15, 0.2) is 5.76 Å². The molecule has 4 heterocycles. The molecule has 0 saturated carbocycles. The number of hydrogen-bond donors (Lipinski definition) is 2. The van der Waals surface area contributed by atoms with Gasteiger partial charge in [0.2, 0.25) is 5.95 Å². The van der Waals surface area contributed by atoms with Crippen LogP contribution in [0.25, 0.3) is 11.3 Å². The molecule has 1 amide bonds. The van der Waals surface area contributed by atoms with Gasteiger partial charge in [0, 0.05) is 11.8 Å². The van der Waals surface area contributed by atoms with E-state index in [1.54, 1.807) is 25.4 Å². The molecule has 2 saturated heterocycles. The first kappa shape index (κ1) is 19.5. The lowest BCUT2D eigenvalue weighted by atomic mass is 10.1. The van der Waals surface area contributed by atoms with Crippen molar-refractivity contribution >= 4 is 11.9 Å². The van der Waals surface area contributed by atoms with Crippen molar-refractivity contribution in [1.82, 2.24) is 15.3 Å². The summed E-state index contributed by atoms with van der Waals surface area (Å²) in [4.78, 5) is 21.3. The Morgan fingerprint density at radius 3 is 2.68 bits per heavy atom. The zero-order valence-corrected chi connectivity index (χ0v) is 16.9. The van der Waals surface area contributed by atoms with Gasteiger partial charge in [-0.05, 0) is 30.3 Å². The Kier molecular flexibility index (Phi) is 5.27. The van der Waals surface area contributed by atoms with Gasteiger partial charge in [-0.1, -0.05) is 12.1 Å². The molecule has 3 aromatic rings. The molecule has 0 radical (unpaired) electrons. The van der Waals surface area contributed by atoms with Crippen molar-refractivity contribution in [2.75, 3.05) is 25.6 Å². The van der Waals surface area contributed by atoms with Crippen LogP contribution in [0.3, 0.4) is 0 Å². The van der Waals surface area contributed by atoms with Crippen LogP contribution in [0, 0.1) is 0 Å². The molecule has 0 unspecified atom stereocenters. The van der Waals surface area contributed by atoms with Gasteiger partial charge in [-0.25, -0.2) is 9.97 Å². The minimum atomic E-state index is -0.285. The average Bonchev–Trinajstić information content (AvgIpc) is 3.54. The van der Waals surface area contributed by atoms with Crippen LogP contribution in [-0.4, -0.2) is 60.5 Å². The third kappa shape index (κ3) is 3.85. The minimum Gasteiger partial charge on any atom is -0.496 e.